The van der Waals surface area contributed by atoms with Crippen molar-refractivity contribution < 1.29 is 0 Å². The van der Waals surface area contributed by atoms with Gasteiger partial charge in [-0.2, -0.15) is 0 Å². The zero-order valence-corrected chi connectivity index (χ0v) is 15.6. The number of rotatable bonds is 12. The summed E-state index contributed by atoms with van der Waals surface area (Å²) in [5, 5.41) is 6.94. The quantitative estimate of drug-likeness (QED) is 0.323. The first-order chi connectivity index (χ1) is 10.5. The fourth-order valence-electron chi connectivity index (χ4n) is 2.20. The van der Waals surface area contributed by atoms with Crippen LogP contribution in [-0.4, -0.2) is 37.9 Å². The summed E-state index contributed by atoms with van der Waals surface area (Å²) in [5.74, 6) is 0. The van der Waals surface area contributed by atoms with Crippen molar-refractivity contribution in [3.05, 3.63) is 23.3 Å². The van der Waals surface area contributed by atoms with E-state index in [0.29, 0.717) is 12.1 Å². The van der Waals surface area contributed by atoms with Crippen LogP contribution in [0.1, 0.15) is 60.8 Å². The van der Waals surface area contributed by atoms with E-state index >= 15 is 0 Å². The maximum absolute atomic E-state index is 4.48. The molecule has 0 amide bonds. The smallest absolute Gasteiger partial charge is 0.0511 e. The number of allylic oxidation sites excluding steroid dienone is 3. The molecule has 2 atom stereocenters. The maximum atomic E-state index is 4.48. The van der Waals surface area contributed by atoms with E-state index in [0.717, 1.165) is 38.9 Å². The molecule has 2 unspecified atom stereocenters. The molecule has 0 aromatic carbocycles. The van der Waals surface area contributed by atoms with Crippen molar-refractivity contribution >= 4 is 6.21 Å². The summed E-state index contributed by atoms with van der Waals surface area (Å²) in [6.07, 6.45) is 10.1. The van der Waals surface area contributed by atoms with Gasteiger partial charge in [0.25, 0.3) is 0 Å². The third-order valence-electron chi connectivity index (χ3n) is 3.54. The van der Waals surface area contributed by atoms with Crippen LogP contribution in [0.4, 0.5) is 0 Å². The van der Waals surface area contributed by atoms with E-state index < -0.39 is 0 Å². The summed E-state index contributed by atoms with van der Waals surface area (Å²) in [6.45, 7) is 15.9. The first-order valence-electron chi connectivity index (χ1n) is 8.76. The summed E-state index contributed by atoms with van der Waals surface area (Å²) >= 11 is 0. The number of aliphatic imine (C=N–C) groups is 1. The molecular weight excluding hydrogens is 270 g/mol. The minimum absolute atomic E-state index is 0.304. The van der Waals surface area contributed by atoms with E-state index in [1.165, 1.54) is 11.1 Å². The number of nitrogens with zero attached hydrogens (tertiary/aromatic N) is 1. The minimum atomic E-state index is 0.304. The van der Waals surface area contributed by atoms with Crippen LogP contribution in [0, 0.1) is 0 Å². The predicted octanol–water partition coefficient (Wildman–Crippen LogP) is 4.12. The minimum Gasteiger partial charge on any atom is -0.315 e. The van der Waals surface area contributed by atoms with E-state index in [9.17, 15) is 0 Å². The van der Waals surface area contributed by atoms with Crippen molar-refractivity contribution in [2.75, 3.05) is 19.6 Å². The summed E-state index contributed by atoms with van der Waals surface area (Å²) in [7, 11) is 0. The maximum Gasteiger partial charge on any atom is 0.0511 e. The summed E-state index contributed by atoms with van der Waals surface area (Å²) < 4.78 is 0. The van der Waals surface area contributed by atoms with Gasteiger partial charge in [-0.25, -0.2) is 0 Å². The Kier molecular flexibility index (Phi) is 13.1. The van der Waals surface area contributed by atoms with Crippen molar-refractivity contribution in [3.8, 4) is 0 Å². The lowest BCUT2D eigenvalue weighted by Gasteiger charge is -2.18. The molecule has 0 fully saturated rings. The second-order valence-corrected chi connectivity index (χ2v) is 6.20. The normalized spacial score (nSPS) is 15.1. The standard InChI is InChI=1S/C19H37N3/c1-7-17(5)10-9-11-19(14-16(3)4)22-18(6)15-21-13-12-20-8-2/h10,14-15,18-20,22H,7-9,11-13H2,1-6H3. The second-order valence-electron chi connectivity index (χ2n) is 6.20. The van der Waals surface area contributed by atoms with E-state index in [2.05, 4.69) is 69.3 Å². The molecule has 3 heteroatoms. The van der Waals surface area contributed by atoms with Gasteiger partial charge >= 0.3 is 0 Å². The van der Waals surface area contributed by atoms with Crippen molar-refractivity contribution in [2.45, 2.75) is 72.9 Å². The Morgan fingerprint density at radius 2 is 1.91 bits per heavy atom. The molecular formula is C19H37N3. The van der Waals surface area contributed by atoms with Gasteiger partial charge < -0.3 is 10.6 Å². The number of nitrogens with one attached hydrogen (secondary N) is 2. The van der Waals surface area contributed by atoms with E-state index in [4.69, 9.17) is 0 Å². The highest BCUT2D eigenvalue weighted by atomic mass is 15.0. The molecule has 0 radical (unpaired) electrons. The van der Waals surface area contributed by atoms with Gasteiger partial charge in [-0.3, -0.25) is 4.99 Å². The van der Waals surface area contributed by atoms with Gasteiger partial charge in [-0.15, -0.1) is 0 Å². The topological polar surface area (TPSA) is 36.4 Å². The van der Waals surface area contributed by atoms with Crippen molar-refractivity contribution in [2.24, 2.45) is 4.99 Å². The van der Waals surface area contributed by atoms with Gasteiger partial charge in [0.05, 0.1) is 6.54 Å². The van der Waals surface area contributed by atoms with Crippen LogP contribution >= 0.6 is 0 Å². The van der Waals surface area contributed by atoms with Crippen LogP contribution in [0.5, 0.6) is 0 Å². The second kappa shape index (κ2) is 13.7. The Labute approximate surface area is 138 Å². The van der Waals surface area contributed by atoms with Gasteiger partial charge in [0, 0.05) is 24.8 Å². The Morgan fingerprint density at radius 1 is 1.18 bits per heavy atom. The van der Waals surface area contributed by atoms with Crippen LogP contribution < -0.4 is 10.6 Å². The SMILES string of the molecule is CCNCCN=CC(C)NC(C=C(C)C)CCC=C(C)CC. The van der Waals surface area contributed by atoms with E-state index in [1.807, 2.05) is 6.21 Å². The highest BCUT2D eigenvalue weighted by molar-refractivity contribution is 5.63. The van der Waals surface area contributed by atoms with Crippen molar-refractivity contribution in [1.82, 2.24) is 10.6 Å². The van der Waals surface area contributed by atoms with Crippen LogP contribution in [0.3, 0.4) is 0 Å². The first kappa shape index (κ1) is 21.1. The summed E-state index contributed by atoms with van der Waals surface area (Å²) in [4.78, 5) is 4.48. The molecule has 0 aliphatic heterocycles. The Balaban J connectivity index is 4.30. The average Bonchev–Trinajstić information content (AvgIpc) is 2.46. The number of hydrogen-bond acceptors (Lipinski definition) is 3. The van der Waals surface area contributed by atoms with Crippen molar-refractivity contribution in [1.29, 1.82) is 0 Å². The molecule has 3 nitrogen and oxygen atoms in total. The molecule has 0 bridgehead atoms. The molecule has 0 aliphatic carbocycles. The van der Waals surface area contributed by atoms with Crippen LogP contribution in [0.2, 0.25) is 0 Å². The fourth-order valence-corrected chi connectivity index (χ4v) is 2.20. The molecule has 0 rings (SSSR count). The molecule has 0 spiro atoms. The lowest BCUT2D eigenvalue weighted by Crippen LogP contribution is -2.36. The van der Waals surface area contributed by atoms with E-state index in [1.54, 1.807) is 0 Å². The highest BCUT2D eigenvalue weighted by Gasteiger charge is 2.07. The summed E-state index contributed by atoms with van der Waals surface area (Å²) in [6, 6.07) is 0.722. The summed E-state index contributed by atoms with van der Waals surface area (Å²) in [5.41, 5.74) is 2.85. The molecule has 0 saturated carbocycles. The fraction of sp³-hybridized carbons (Fsp3) is 0.737. The lowest BCUT2D eigenvalue weighted by molar-refractivity contribution is 0.542. The molecule has 0 aromatic heterocycles. The first-order valence-corrected chi connectivity index (χ1v) is 8.76. The molecule has 22 heavy (non-hydrogen) atoms. The molecule has 128 valence electrons. The molecule has 0 saturated heterocycles. The Morgan fingerprint density at radius 3 is 2.50 bits per heavy atom. The van der Waals surface area contributed by atoms with Gasteiger partial charge in [-0.05, 0) is 53.5 Å². The largest absolute Gasteiger partial charge is 0.315 e. The molecule has 0 heterocycles. The van der Waals surface area contributed by atoms with Crippen LogP contribution in [0.15, 0.2) is 28.3 Å². The lowest BCUT2D eigenvalue weighted by atomic mass is 10.1. The molecule has 2 N–H and O–H groups in total. The predicted molar refractivity (Wildman–Crippen MR) is 101 cm³/mol. The van der Waals surface area contributed by atoms with Crippen molar-refractivity contribution in [3.63, 3.8) is 0 Å². The average molecular weight is 308 g/mol. The Bertz CT molecular complexity index is 352. The van der Waals surface area contributed by atoms with Gasteiger partial charge in [-0.1, -0.05) is 37.1 Å². The van der Waals surface area contributed by atoms with Gasteiger partial charge in [0.1, 0.15) is 0 Å². The zero-order valence-electron chi connectivity index (χ0n) is 15.6. The molecule has 0 aromatic rings. The van der Waals surface area contributed by atoms with Crippen LogP contribution in [0.25, 0.3) is 0 Å². The van der Waals surface area contributed by atoms with E-state index in [-0.39, 0.29) is 0 Å². The van der Waals surface area contributed by atoms with Gasteiger partial charge in [0.2, 0.25) is 0 Å². The zero-order chi connectivity index (χ0) is 16.8. The third-order valence-corrected chi connectivity index (χ3v) is 3.54. The molecule has 0 aliphatic rings. The number of likely N-dealkylation sites (N-methyl/N-ethyl adjacent to an activating group) is 1. The van der Waals surface area contributed by atoms with Crippen LogP contribution in [-0.2, 0) is 0 Å². The number of hydrogen-bond donors (Lipinski definition) is 2. The monoisotopic (exact) mass is 307 g/mol. The van der Waals surface area contributed by atoms with Gasteiger partial charge in [0.15, 0.2) is 0 Å². The Hall–Kier alpha value is -0.930. The highest BCUT2D eigenvalue weighted by Crippen LogP contribution is 2.08. The third kappa shape index (κ3) is 12.8.